The molecule has 1 aliphatic heterocycles. The van der Waals surface area contributed by atoms with E-state index >= 15 is 0 Å². The van der Waals surface area contributed by atoms with Gasteiger partial charge in [0.2, 0.25) is 0 Å². The molecule has 0 atom stereocenters. The summed E-state index contributed by atoms with van der Waals surface area (Å²) in [5.74, 6) is -1.21. The van der Waals surface area contributed by atoms with Crippen molar-refractivity contribution in [3.8, 4) is 0 Å². The summed E-state index contributed by atoms with van der Waals surface area (Å²) in [7, 11) is 0. The summed E-state index contributed by atoms with van der Waals surface area (Å²) >= 11 is 0. The van der Waals surface area contributed by atoms with E-state index in [1.54, 1.807) is 0 Å². The van der Waals surface area contributed by atoms with Crippen molar-refractivity contribution in [1.29, 1.82) is 0 Å². The molecule has 1 aliphatic rings. The number of rotatable bonds is 4. The van der Waals surface area contributed by atoms with Crippen molar-refractivity contribution >= 4 is 35.6 Å². The number of hydrogen-bond donors (Lipinski definition) is 2. The van der Waals surface area contributed by atoms with Crippen LogP contribution in [0.25, 0.3) is 0 Å². The average Bonchev–Trinajstić information content (AvgIpc) is 2.49. The number of guanidine groups is 1. The molecule has 1 saturated heterocycles. The normalized spacial score (nSPS) is 17.2. The van der Waals surface area contributed by atoms with Gasteiger partial charge in [-0.05, 0) is 44.0 Å². The van der Waals surface area contributed by atoms with Crippen LogP contribution in [-0.4, -0.2) is 43.2 Å². The fourth-order valence-electron chi connectivity index (χ4n) is 2.58. The van der Waals surface area contributed by atoms with Crippen LogP contribution in [0.1, 0.15) is 12.8 Å². The fraction of sp³-hybridized carbons (Fsp3) is 0.533. The Morgan fingerprint density at radius 2 is 1.88 bits per heavy atom. The van der Waals surface area contributed by atoms with Crippen molar-refractivity contribution in [2.24, 2.45) is 16.6 Å². The molecule has 1 aromatic carbocycles. The van der Waals surface area contributed by atoms with Gasteiger partial charge in [0.1, 0.15) is 11.6 Å². The second-order valence-corrected chi connectivity index (χ2v) is 5.81. The first-order valence-electron chi connectivity index (χ1n) is 7.54. The van der Waals surface area contributed by atoms with E-state index in [1.807, 2.05) is 0 Å². The third-order valence-electron chi connectivity index (χ3n) is 3.82. The Kier molecular flexibility index (Phi) is 8.32. The van der Waals surface area contributed by atoms with E-state index in [4.69, 9.17) is 5.73 Å². The van der Waals surface area contributed by atoms with Crippen LogP contribution in [-0.2, 0) is 0 Å². The number of hydrogen-bond acceptors (Lipinski definition) is 2. The van der Waals surface area contributed by atoms with E-state index in [-0.39, 0.29) is 41.5 Å². The molecule has 0 radical (unpaired) electrons. The predicted molar refractivity (Wildman–Crippen MR) is 97.1 cm³/mol. The Labute approximate surface area is 159 Å². The molecule has 0 aromatic heterocycles. The molecule has 2 rings (SSSR count). The zero-order valence-electron chi connectivity index (χ0n) is 13.3. The first-order valence-corrected chi connectivity index (χ1v) is 7.54. The number of alkyl halides is 3. The van der Waals surface area contributed by atoms with Crippen LogP contribution in [0.5, 0.6) is 0 Å². The van der Waals surface area contributed by atoms with Gasteiger partial charge in [0.25, 0.3) is 0 Å². The highest BCUT2D eigenvalue weighted by Crippen LogP contribution is 2.22. The molecule has 0 aliphatic carbocycles. The van der Waals surface area contributed by atoms with Crippen LogP contribution in [0.3, 0.4) is 0 Å². The molecule has 0 amide bonds. The molecule has 0 bridgehead atoms. The summed E-state index contributed by atoms with van der Waals surface area (Å²) in [6, 6.07) is 2.93. The van der Waals surface area contributed by atoms with Crippen LogP contribution in [0.15, 0.2) is 23.2 Å². The first kappa shape index (κ1) is 21.9. The lowest BCUT2D eigenvalue weighted by Crippen LogP contribution is -2.40. The Balaban J connectivity index is 0.00000312. The van der Waals surface area contributed by atoms with Crippen molar-refractivity contribution in [2.45, 2.75) is 19.0 Å². The maximum Gasteiger partial charge on any atom is 0.401 e. The number of piperidine rings is 1. The van der Waals surface area contributed by atoms with Crippen LogP contribution in [0.4, 0.5) is 27.6 Å². The molecular formula is C15H20F5IN4. The molecule has 10 heteroatoms. The van der Waals surface area contributed by atoms with Crippen molar-refractivity contribution in [2.75, 3.05) is 31.5 Å². The first-order chi connectivity index (χ1) is 11.2. The monoisotopic (exact) mass is 478 g/mol. The van der Waals surface area contributed by atoms with Gasteiger partial charge in [0.15, 0.2) is 5.96 Å². The van der Waals surface area contributed by atoms with Gasteiger partial charge >= 0.3 is 6.18 Å². The summed E-state index contributed by atoms with van der Waals surface area (Å²) in [4.78, 5) is 5.43. The van der Waals surface area contributed by atoms with Crippen molar-refractivity contribution in [3.63, 3.8) is 0 Å². The molecule has 25 heavy (non-hydrogen) atoms. The number of nitrogens with zero attached hydrogens (tertiary/aromatic N) is 2. The Morgan fingerprint density at radius 3 is 2.48 bits per heavy atom. The Hall–Kier alpha value is -1.17. The predicted octanol–water partition coefficient (Wildman–Crippen LogP) is 3.58. The number of benzene rings is 1. The quantitative estimate of drug-likeness (QED) is 0.301. The topological polar surface area (TPSA) is 53.6 Å². The molecule has 0 unspecified atom stereocenters. The summed E-state index contributed by atoms with van der Waals surface area (Å²) < 4.78 is 63.5. The van der Waals surface area contributed by atoms with Crippen molar-refractivity contribution in [1.82, 2.24) is 4.90 Å². The van der Waals surface area contributed by atoms with E-state index in [0.29, 0.717) is 32.5 Å². The van der Waals surface area contributed by atoms with Crippen LogP contribution in [0.2, 0.25) is 0 Å². The number of aliphatic imine (C=N–C) groups is 1. The SMILES string of the molecule is I.NC(=NCC1CCN(CC(F)(F)F)CC1)Nc1cc(F)ccc1F. The number of likely N-dealkylation sites (tertiary alicyclic amines) is 1. The third-order valence-corrected chi connectivity index (χ3v) is 3.82. The van der Waals surface area contributed by atoms with Gasteiger partial charge in [0, 0.05) is 12.6 Å². The van der Waals surface area contributed by atoms with Crippen molar-refractivity contribution < 1.29 is 22.0 Å². The minimum absolute atomic E-state index is 0. The number of halogens is 6. The molecular weight excluding hydrogens is 458 g/mol. The molecule has 1 heterocycles. The van der Waals surface area contributed by atoms with Gasteiger partial charge in [-0.3, -0.25) is 9.89 Å². The Bertz CT molecular complexity index is 586. The molecule has 0 spiro atoms. The van der Waals surface area contributed by atoms with Gasteiger partial charge in [-0.25, -0.2) is 8.78 Å². The number of anilines is 1. The minimum Gasteiger partial charge on any atom is -0.370 e. The van der Waals surface area contributed by atoms with E-state index in [1.165, 1.54) is 4.90 Å². The smallest absolute Gasteiger partial charge is 0.370 e. The van der Waals surface area contributed by atoms with Gasteiger partial charge in [-0.2, -0.15) is 13.2 Å². The van der Waals surface area contributed by atoms with E-state index < -0.39 is 24.4 Å². The van der Waals surface area contributed by atoms with Crippen LogP contribution < -0.4 is 11.1 Å². The largest absolute Gasteiger partial charge is 0.401 e. The summed E-state index contributed by atoms with van der Waals surface area (Å²) in [5, 5.41) is 2.48. The standard InChI is InChI=1S/C15H19F5N4.HI/c16-11-1-2-12(17)13(7-11)23-14(21)22-8-10-3-5-24(6-4-10)9-15(18,19)20;/h1-2,7,10H,3-6,8-9H2,(H3,21,22,23);1H. The lowest BCUT2D eigenvalue weighted by molar-refractivity contribution is -0.148. The second-order valence-electron chi connectivity index (χ2n) is 5.81. The third kappa shape index (κ3) is 7.72. The number of nitrogens with one attached hydrogen (secondary N) is 1. The summed E-state index contributed by atoms with van der Waals surface area (Å²) in [6.45, 7) is 0.137. The molecule has 1 aromatic rings. The zero-order valence-corrected chi connectivity index (χ0v) is 15.7. The molecule has 1 fully saturated rings. The average molecular weight is 478 g/mol. The summed E-state index contributed by atoms with van der Waals surface area (Å²) in [5.41, 5.74) is 5.53. The highest BCUT2D eigenvalue weighted by Gasteiger charge is 2.32. The van der Waals surface area contributed by atoms with Crippen LogP contribution in [0, 0.1) is 17.6 Å². The van der Waals surface area contributed by atoms with E-state index in [9.17, 15) is 22.0 Å². The number of nitrogens with two attached hydrogens (primary N) is 1. The van der Waals surface area contributed by atoms with Crippen LogP contribution >= 0.6 is 24.0 Å². The second kappa shape index (κ2) is 9.51. The van der Waals surface area contributed by atoms with E-state index in [0.717, 1.165) is 18.2 Å². The lowest BCUT2D eigenvalue weighted by atomic mass is 9.97. The zero-order chi connectivity index (χ0) is 17.7. The van der Waals surface area contributed by atoms with Gasteiger partial charge in [0.05, 0.1) is 12.2 Å². The molecule has 4 nitrogen and oxygen atoms in total. The lowest BCUT2D eigenvalue weighted by Gasteiger charge is -2.31. The Morgan fingerprint density at radius 1 is 1.24 bits per heavy atom. The summed E-state index contributed by atoms with van der Waals surface area (Å²) in [6.07, 6.45) is -3.02. The fourth-order valence-corrected chi connectivity index (χ4v) is 2.58. The molecule has 0 saturated carbocycles. The highest BCUT2D eigenvalue weighted by atomic mass is 127. The minimum atomic E-state index is -4.19. The van der Waals surface area contributed by atoms with E-state index in [2.05, 4.69) is 10.3 Å². The van der Waals surface area contributed by atoms with Gasteiger partial charge in [-0.15, -0.1) is 24.0 Å². The molecule has 142 valence electrons. The maximum absolute atomic E-state index is 13.5. The van der Waals surface area contributed by atoms with Gasteiger partial charge in [-0.1, -0.05) is 0 Å². The maximum atomic E-state index is 13.5. The molecule has 3 N–H and O–H groups in total. The van der Waals surface area contributed by atoms with Crippen molar-refractivity contribution in [3.05, 3.63) is 29.8 Å². The highest BCUT2D eigenvalue weighted by molar-refractivity contribution is 14.0. The van der Waals surface area contributed by atoms with Gasteiger partial charge < -0.3 is 11.1 Å².